The summed E-state index contributed by atoms with van der Waals surface area (Å²) in [5.41, 5.74) is 2.43. The smallest absolute Gasteiger partial charge is 0.274 e. The fourth-order valence-corrected chi connectivity index (χ4v) is 3.25. The van der Waals surface area contributed by atoms with Crippen LogP contribution in [0.5, 0.6) is 5.75 Å². The van der Waals surface area contributed by atoms with Gasteiger partial charge in [-0.15, -0.1) is 0 Å². The number of carbonyl (C=O) groups excluding carboxylic acids is 1. The highest BCUT2D eigenvalue weighted by Crippen LogP contribution is 2.24. The van der Waals surface area contributed by atoms with Crippen molar-refractivity contribution in [2.24, 2.45) is 0 Å². The molecule has 0 aliphatic carbocycles. The fourth-order valence-electron chi connectivity index (χ4n) is 3.25. The van der Waals surface area contributed by atoms with E-state index in [9.17, 15) is 4.79 Å². The van der Waals surface area contributed by atoms with Gasteiger partial charge < -0.3 is 15.0 Å². The monoisotopic (exact) mass is 328 g/mol. The van der Waals surface area contributed by atoms with Crippen LogP contribution in [0.1, 0.15) is 28.9 Å². The molecule has 6 heteroatoms. The van der Waals surface area contributed by atoms with E-state index in [2.05, 4.69) is 10.4 Å². The maximum absolute atomic E-state index is 12.8. The lowest BCUT2D eigenvalue weighted by atomic mass is 10.2. The molecule has 1 aromatic heterocycles. The maximum Gasteiger partial charge on any atom is 0.274 e. The summed E-state index contributed by atoms with van der Waals surface area (Å²) in [7, 11) is 3.55. The molecule has 1 fully saturated rings. The van der Waals surface area contributed by atoms with Crippen LogP contribution in [0.3, 0.4) is 0 Å². The first kappa shape index (κ1) is 16.5. The van der Waals surface area contributed by atoms with Crippen molar-refractivity contribution in [3.8, 4) is 11.4 Å². The van der Waals surface area contributed by atoms with E-state index in [1.165, 1.54) is 0 Å². The van der Waals surface area contributed by atoms with Crippen LogP contribution in [0, 0.1) is 6.92 Å². The van der Waals surface area contributed by atoms with E-state index in [-0.39, 0.29) is 11.9 Å². The Bertz CT molecular complexity index is 726. The number of aromatic nitrogens is 2. The Morgan fingerprint density at radius 3 is 3.00 bits per heavy atom. The molecule has 128 valence electrons. The molecule has 1 atom stereocenters. The minimum Gasteiger partial charge on any atom is -0.494 e. The molecule has 0 unspecified atom stereocenters. The lowest BCUT2D eigenvalue weighted by molar-refractivity contribution is 0.0730. The number of amides is 1. The van der Waals surface area contributed by atoms with Crippen molar-refractivity contribution in [1.29, 1.82) is 0 Å². The number of hydrogen-bond acceptors (Lipinski definition) is 4. The first-order valence-corrected chi connectivity index (χ1v) is 8.30. The van der Waals surface area contributed by atoms with Gasteiger partial charge in [0.05, 0.1) is 7.11 Å². The van der Waals surface area contributed by atoms with Gasteiger partial charge in [-0.25, -0.2) is 4.68 Å². The van der Waals surface area contributed by atoms with Crippen LogP contribution in [0.4, 0.5) is 0 Å². The molecule has 0 spiro atoms. The molecule has 1 aromatic carbocycles. The number of methoxy groups -OCH3 is 1. The second kappa shape index (κ2) is 7.05. The summed E-state index contributed by atoms with van der Waals surface area (Å²) in [6.07, 6.45) is 3.90. The highest BCUT2D eigenvalue weighted by atomic mass is 16.5. The molecule has 0 radical (unpaired) electrons. The third-order valence-electron chi connectivity index (χ3n) is 4.47. The van der Waals surface area contributed by atoms with Crippen molar-refractivity contribution in [2.45, 2.75) is 25.8 Å². The first-order chi connectivity index (χ1) is 11.6. The summed E-state index contributed by atoms with van der Waals surface area (Å²) < 4.78 is 7.12. The molecule has 6 nitrogen and oxygen atoms in total. The number of nitrogens with zero attached hydrogens (tertiary/aromatic N) is 3. The second-order valence-electron chi connectivity index (χ2n) is 6.17. The summed E-state index contributed by atoms with van der Waals surface area (Å²) in [5.74, 6) is 0.732. The topological polar surface area (TPSA) is 59.4 Å². The Balaban J connectivity index is 1.86. The average Bonchev–Trinajstić information content (AvgIpc) is 3.24. The molecule has 0 saturated carbocycles. The quantitative estimate of drug-likeness (QED) is 0.912. The zero-order chi connectivity index (χ0) is 17.1. The standard InChI is InChI=1S/C18H24N4O2/c1-13-6-7-17(24-3)16(11-13)22-10-8-15(20-22)18(23)21-9-4-5-14(21)12-19-2/h6-8,10-11,14,19H,4-5,9,12H2,1-3H3/t14-/m1/s1. The predicted molar refractivity (Wildman–Crippen MR) is 92.8 cm³/mol. The van der Waals surface area contributed by atoms with Crippen molar-refractivity contribution in [3.05, 3.63) is 41.7 Å². The molecular formula is C18H24N4O2. The van der Waals surface area contributed by atoms with E-state index in [0.29, 0.717) is 5.69 Å². The molecule has 0 bridgehead atoms. The molecule has 1 N–H and O–H groups in total. The Hall–Kier alpha value is -2.34. The largest absolute Gasteiger partial charge is 0.494 e. The Labute approximate surface area is 142 Å². The molecule has 1 aliphatic heterocycles. The first-order valence-electron chi connectivity index (χ1n) is 8.30. The van der Waals surface area contributed by atoms with Gasteiger partial charge in [-0.2, -0.15) is 5.10 Å². The molecule has 3 rings (SSSR count). The van der Waals surface area contributed by atoms with E-state index in [1.54, 1.807) is 17.9 Å². The minimum atomic E-state index is -0.00174. The number of hydrogen-bond donors (Lipinski definition) is 1. The number of ether oxygens (including phenoxy) is 1. The maximum atomic E-state index is 12.8. The van der Waals surface area contributed by atoms with Crippen LogP contribution in [0.2, 0.25) is 0 Å². The van der Waals surface area contributed by atoms with E-state index >= 15 is 0 Å². The summed E-state index contributed by atoms with van der Waals surface area (Å²) in [6.45, 7) is 3.63. The zero-order valence-corrected chi connectivity index (χ0v) is 14.5. The van der Waals surface area contributed by atoms with Crippen LogP contribution >= 0.6 is 0 Å². The average molecular weight is 328 g/mol. The molecule has 1 aliphatic rings. The van der Waals surface area contributed by atoms with Gasteiger partial charge in [0.15, 0.2) is 5.69 Å². The van der Waals surface area contributed by atoms with Gasteiger partial charge >= 0.3 is 0 Å². The minimum absolute atomic E-state index is 0.00174. The van der Waals surface area contributed by atoms with Crippen LogP contribution in [-0.2, 0) is 0 Å². The zero-order valence-electron chi connectivity index (χ0n) is 14.5. The lowest BCUT2D eigenvalue weighted by Crippen LogP contribution is -2.41. The van der Waals surface area contributed by atoms with Crippen LogP contribution in [0.25, 0.3) is 5.69 Å². The number of likely N-dealkylation sites (N-methyl/N-ethyl adjacent to an activating group) is 1. The fraction of sp³-hybridized carbons (Fsp3) is 0.444. The summed E-state index contributed by atoms with van der Waals surface area (Å²) in [5, 5.41) is 7.66. The van der Waals surface area contributed by atoms with Crippen LogP contribution < -0.4 is 10.1 Å². The van der Waals surface area contributed by atoms with Crippen LogP contribution in [-0.4, -0.2) is 53.9 Å². The normalized spacial score (nSPS) is 17.3. The predicted octanol–water partition coefficient (Wildman–Crippen LogP) is 2.01. The number of benzene rings is 1. The third-order valence-corrected chi connectivity index (χ3v) is 4.47. The number of likely N-dealkylation sites (tertiary alicyclic amines) is 1. The highest BCUT2D eigenvalue weighted by molar-refractivity contribution is 5.92. The van der Waals surface area contributed by atoms with Gasteiger partial charge in [0.25, 0.3) is 5.91 Å². The van der Waals surface area contributed by atoms with E-state index < -0.39 is 0 Å². The van der Waals surface area contributed by atoms with Gasteiger partial charge in [-0.3, -0.25) is 4.79 Å². The van der Waals surface area contributed by atoms with Crippen molar-refractivity contribution >= 4 is 5.91 Å². The Kier molecular flexibility index (Phi) is 4.85. The number of nitrogens with one attached hydrogen (secondary N) is 1. The Morgan fingerprint density at radius 2 is 2.25 bits per heavy atom. The second-order valence-corrected chi connectivity index (χ2v) is 6.17. The number of rotatable bonds is 5. The Morgan fingerprint density at radius 1 is 1.42 bits per heavy atom. The van der Waals surface area contributed by atoms with E-state index in [1.807, 2.05) is 43.3 Å². The van der Waals surface area contributed by atoms with Gasteiger partial charge in [0.1, 0.15) is 11.4 Å². The number of aryl methyl sites for hydroxylation is 1. The molecule has 2 heterocycles. The van der Waals surface area contributed by atoms with Crippen molar-refractivity contribution in [3.63, 3.8) is 0 Å². The molecule has 2 aromatic rings. The van der Waals surface area contributed by atoms with E-state index in [4.69, 9.17) is 4.74 Å². The summed E-state index contributed by atoms with van der Waals surface area (Å²) in [4.78, 5) is 14.7. The number of carbonyl (C=O) groups is 1. The van der Waals surface area contributed by atoms with Gasteiger partial charge in [0.2, 0.25) is 0 Å². The van der Waals surface area contributed by atoms with Crippen molar-refractivity contribution in [1.82, 2.24) is 20.0 Å². The third kappa shape index (κ3) is 3.14. The van der Waals surface area contributed by atoms with Gasteiger partial charge in [-0.05, 0) is 50.6 Å². The van der Waals surface area contributed by atoms with Gasteiger partial charge in [0, 0.05) is 25.3 Å². The van der Waals surface area contributed by atoms with E-state index in [0.717, 1.165) is 42.9 Å². The molecular weight excluding hydrogens is 304 g/mol. The lowest BCUT2D eigenvalue weighted by Gasteiger charge is -2.23. The molecule has 1 saturated heterocycles. The van der Waals surface area contributed by atoms with Crippen molar-refractivity contribution < 1.29 is 9.53 Å². The highest BCUT2D eigenvalue weighted by Gasteiger charge is 2.30. The molecule has 24 heavy (non-hydrogen) atoms. The van der Waals surface area contributed by atoms with Gasteiger partial charge in [-0.1, -0.05) is 6.07 Å². The van der Waals surface area contributed by atoms with Crippen molar-refractivity contribution in [2.75, 3.05) is 27.2 Å². The summed E-state index contributed by atoms with van der Waals surface area (Å²) in [6, 6.07) is 7.93. The SMILES string of the molecule is CNC[C@H]1CCCN1C(=O)c1ccn(-c2cc(C)ccc2OC)n1. The summed E-state index contributed by atoms with van der Waals surface area (Å²) >= 11 is 0. The molecule has 1 amide bonds. The van der Waals surface area contributed by atoms with Crippen LogP contribution in [0.15, 0.2) is 30.5 Å².